The number of hydrogen-bond acceptors (Lipinski definition) is 7. The Hall–Kier alpha value is -3.79. The van der Waals surface area contributed by atoms with Crippen molar-refractivity contribution in [3.05, 3.63) is 70.8 Å². The van der Waals surface area contributed by atoms with Crippen molar-refractivity contribution in [3.8, 4) is 11.8 Å². The summed E-state index contributed by atoms with van der Waals surface area (Å²) >= 11 is 0. The minimum absolute atomic E-state index is 0.116. The zero-order chi connectivity index (χ0) is 23.5. The van der Waals surface area contributed by atoms with Crippen LogP contribution in [0, 0.1) is 18.8 Å². The van der Waals surface area contributed by atoms with Crippen molar-refractivity contribution < 1.29 is 33.3 Å². The fourth-order valence-electron chi connectivity index (χ4n) is 2.87. The van der Waals surface area contributed by atoms with E-state index in [1.165, 1.54) is 7.11 Å². The lowest BCUT2D eigenvalue weighted by Crippen LogP contribution is -2.27. The first-order valence-electron chi connectivity index (χ1n) is 10.2. The molecule has 0 bridgehead atoms. The van der Waals surface area contributed by atoms with Crippen molar-refractivity contribution in [2.24, 2.45) is 0 Å². The molecule has 0 heterocycles. The predicted octanol–water partition coefficient (Wildman–Crippen LogP) is 4.08. The lowest BCUT2D eigenvalue weighted by Gasteiger charge is -2.16. The van der Waals surface area contributed by atoms with Crippen LogP contribution in [0.1, 0.15) is 48.1 Å². The van der Waals surface area contributed by atoms with Gasteiger partial charge in [0, 0.05) is 11.1 Å². The van der Waals surface area contributed by atoms with Crippen LogP contribution < -0.4 is 0 Å². The average molecular weight is 438 g/mol. The Bertz CT molecular complexity index is 981. The molecular formula is C25H26O7. The van der Waals surface area contributed by atoms with E-state index in [-0.39, 0.29) is 13.2 Å². The molecule has 2 aromatic rings. The summed E-state index contributed by atoms with van der Waals surface area (Å²) in [6.07, 6.45) is -1.80. The third-order valence-electron chi connectivity index (χ3n) is 4.42. The molecule has 0 aliphatic rings. The molecule has 0 spiro atoms. The molecule has 2 rings (SSSR count). The molecular weight excluding hydrogens is 412 g/mol. The van der Waals surface area contributed by atoms with Crippen LogP contribution in [0.25, 0.3) is 0 Å². The van der Waals surface area contributed by atoms with Crippen LogP contribution in [-0.2, 0) is 28.5 Å². The topological polar surface area (TPSA) is 88.1 Å². The summed E-state index contributed by atoms with van der Waals surface area (Å²) in [6, 6.07) is 14.0. The molecule has 32 heavy (non-hydrogen) atoms. The van der Waals surface area contributed by atoms with Gasteiger partial charge in [0.25, 0.3) is 0 Å². The lowest BCUT2D eigenvalue weighted by molar-refractivity contribution is -0.156. The number of carbonyl (C=O) groups excluding carboxylic acids is 3. The van der Waals surface area contributed by atoms with Gasteiger partial charge in [0.05, 0.1) is 20.3 Å². The van der Waals surface area contributed by atoms with Crippen molar-refractivity contribution in [2.75, 3.05) is 20.3 Å². The largest absolute Gasteiger partial charge is 0.509 e. The lowest BCUT2D eigenvalue weighted by atomic mass is 9.94. The molecule has 0 fully saturated rings. The number of rotatable bonds is 7. The van der Waals surface area contributed by atoms with E-state index in [0.717, 1.165) is 5.56 Å². The van der Waals surface area contributed by atoms with Gasteiger partial charge in [-0.3, -0.25) is 9.59 Å². The Balaban J connectivity index is 2.49. The van der Waals surface area contributed by atoms with Crippen LogP contribution in [-0.4, -0.2) is 38.4 Å². The third kappa shape index (κ3) is 6.61. The molecule has 0 aliphatic heterocycles. The van der Waals surface area contributed by atoms with Crippen molar-refractivity contribution in [1.82, 2.24) is 0 Å². The first-order valence-corrected chi connectivity index (χ1v) is 10.2. The predicted molar refractivity (Wildman–Crippen MR) is 117 cm³/mol. The number of hydrogen-bond donors (Lipinski definition) is 0. The van der Waals surface area contributed by atoms with Crippen LogP contribution in [0.5, 0.6) is 0 Å². The first-order chi connectivity index (χ1) is 15.4. The molecule has 2 aromatic carbocycles. The van der Waals surface area contributed by atoms with Crippen LogP contribution in [0.15, 0.2) is 48.5 Å². The Labute approximate surface area is 187 Å². The zero-order valence-electron chi connectivity index (χ0n) is 18.5. The Morgan fingerprint density at radius 1 is 0.906 bits per heavy atom. The highest BCUT2D eigenvalue weighted by molar-refractivity contribution is 6.01. The molecule has 7 heteroatoms. The number of esters is 2. The number of benzene rings is 2. The monoisotopic (exact) mass is 438 g/mol. The van der Waals surface area contributed by atoms with E-state index in [2.05, 4.69) is 16.6 Å². The molecule has 1 unspecified atom stereocenters. The maximum Gasteiger partial charge on any atom is 0.509 e. The van der Waals surface area contributed by atoms with Gasteiger partial charge in [-0.2, -0.15) is 0 Å². The zero-order valence-corrected chi connectivity index (χ0v) is 18.5. The van der Waals surface area contributed by atoms with E-state index in [9.17, 15) is 14.4 Å². The minimum Gasteiger partial charge on any atom is -0.465 e. The number of ether oxygens (including phenoxy) is 4. The van der Waals surface area contributed by atoms with Gasteiger partial charge in [0.1, 0.15) is 0 Å². The molecule has 0 amide bonds. The molecule has 0 saturated heterocycles. The highest BCUT2D eigenvalue weighted by Crippen LogP contribution is 2.24. The summed E-state index contributed by atoms with van der Waals surface area (Å²) in [5, 5.41) is 0. The van der Waals surface area contributed by atoms with Crippen molar-refractivity contribution in [3.63, 3.8) is 0 Å². The summed E-state index contributed by atoms with van der Waals surface area (Å²) in [5.74, 6) is 3.11. The molecule has 1 atom stereocenters. The molecule has 7 nitrogen and oxygen atoms in total. The van der Waals surface area contributed by atoms with E-state index in [1.54, 1.807) is 50.2 Å². The molecule has 0 saturated carbocycles. The van der Waals surface area contributed by atoms with Crippen LogP contribution in [0.3, 0.4) is 0 Å². The van der Waals surface area contributed by atoms with E-state index in [0.29, 0.717) is 16.7 Å². The fraction of sp³-hybridized carbons (Fsp3) is 0.320. The summed E-state index contributed by atoms with van der Waals surface area (Å²) in [5.41, 5.74) is 2.44. The van der Waals surface area contributed by atoms with Gasteiger partial charge in [-0.05, 0) is 38.3 Å². The Kier molecular flexibility index (Phi) is 9.30. The summed E-state index contributed by atoms with van der Waals surface area (Å²) in [4.78, 5) is 36.8. The molecule has 0 aliphatic carbocycles. The Morgan fingerprint density at radius 2 is 1.50 bits per heavy atom. The first kappa shape index (κ1) is 24.5. The van der Waals surface area contributed by atoms with E-state index < -0.39 is 30.1 Å². The van der Waals surface area contributed by atoms with Gasteiger partial charge < -0.3 is 18.9 Å². The van der Waals surface area contributed by atoms with Gasteiger partial charge >= 0.3 is 18.1 Å². The summed E-state index contributed by atoms with van der Waals surface area (Å²) in [7, 11) is 1.21. The van der Waals surface area contributed by atoms with Gasteiger partial charge in [-0.1, -0.05) is 53.9 Å². The fourth-order valence-corrected chi connectivity index (χ4v) is 2.87. The van der Waals surface area contributed by atoms with Crippen molar-refractivity contribution >= 4 is 18.1 Å². The highest BCUT2D eigenvalue weighted by Gasteiger charge is 2.33. The minimum atomic E-state index is -1.28. The number of carbonyl (C=O) groups is 3. The maximum atomic E-state index is 12.5. The number of aryl methyl sites for hydroxylation is 1. The normalized spacial score (nSPS) is 11.0. The van der Waals surface area contributed by atoms with Gasteiger partial charge in [-0.15, -0.1) is 0 Å². The van der Waals surface area contributed by atoms with Gasteiger partial charge in [-0.25, -0.2) is 4.79 Å². The highest BCUT2D eigenvalue weighted by atomic mass is 16.7. The van der Waals surface area contributed by atoms with Crippen LogP contribution in [0.4, 0.5) is 4.79 Å². The van der Waals surface area contributed by atoms with E-state index in [4.69, 9.17) is 14.2 Å². The van der Waals surface area contributed by atoms with Crippen LogP contribution in [0.2, 0.25) is 0 Å². The van der Waals surface area contributed by atoms with Gasteiger partial charge in [0.2, 0.25) is 0 Å². The summed E-state index contributed by atoms with van der Waals surface area (Å²) < 4.78 is 20.1. The summed E-state index contributed by atoms with van der Waals surface area (Å²) in [6.45, 7) is 5.48. The van der Waals surface area contributed by atoms with E-state index >= 15 is 0 Å². The second-order valence-corrected chi connectivity index (χ2v) is 6.66. The maximum absolute atomic E-state index is 12.5. The quantitative estimate of drug-likeness (QED) is 0.279. The molecule has 0 N–H and O–H groups in total. The molecule has 0 aromatic heterocycles. The average Bonchev–Trinajstić information content (AvgIpc) is 2.78. The second kappa shape index (κ2) is 12.2. The van der Waals surface area contributed by atoms with Crippen molar-refractivity contribution in [1.29, 1.82) is 0 Å². The molecule has 168 valence electrons. The number of methoxy groups -OCH3 is 1. The Morgan fingerprint density at radius 3 is 2.06 bits per heavy atom. The second-order valence-electron chi connectivity index (χ2n) is 6.66. The van der Waals surface area contributed by atoms with E-state index in [1.807, 2.05) is 19.1 Å². The standard InChI is InChI=1S/C25H26O7/c1-5-30-23(26)22(24(27)31-6-2)20-10-8-7-9-18(20)15-16-21(32-25(28)29-4)19-13-11-17(3)12-14-19/h7-14,21-22H,5-6H2,1-4H3. The van der Waals surface area contributed by atoms with Crippen LogP contribution >= 0.6 is 0 Å². The SMILES string of the molecule is CCOC(=O)C(C(=O)OCC)c1ccccc1C#CC(OC(=O)OC)c1ccc(C)cc1. The molecule has 0 radical (unpaired) electrons. The van der Waals surface area contributed by atoms with Gasteiger partial charge in [0.15, 0.2) is 12.0 Å². The van der Waals surface area contributed by atoms with Crippen molar-refractivity contribution in [2.45, 2.75) is 32.8 Å². The smallest absolute Gasteiger partial charge is 0.465 e. The third-order valence-corrected chi connectivity index (χ3v) is 4.42.